The van der Waals surface area contributed by atoms with Crippen LogP contribution in [-0.4, -0.2) is 50.9 Å². The maximum atomic E-state index is 14.3. The summed E-state index contributed by atoms with van der Waals surface area (Å²) in [4.78, 5) is 29.0. The van der Waals surface area contributed by atoms with Gasteiger partial charge in [-0.15, -0.1) is 0 Å². The fourth-order valence-electron chi connectivity index (χ4n) is 4.55. The molecule has 11 heteroatoms. The minimum atomic E-state index is -4.24. The Balaban J connectivity index is 2.11. The van der Waals surface area contributed by atoms with E-state index in [-0.39, 0.29) is 23.0 Å². The van der Waals surface area contributed by atoms with Crippen LogP contribution >= 0.6 is 23.2 Å². The molecule has 0 bridgehead atoms. The largest absolute Gasteiger partial charge is 0.492 e. The zero-order valence-electron chi connectivity index (χ0n) is 25.0. The second kappa shape index (κ2) is 16.0. The SMILES string of the molecule is CCCCNC(=O)C(CC)N(Cc1ccc(Cl)cc1Cl)C(=O)CN(c1ccccc1OCC)S(=O)(=O)c1ccc(C)cc1. The van der Waals surface area contributed by atoms with Crippen LogP contribution in [0.25, 0.3) is 0 Å². The second-order valence-electron chi connectivity index (χ2n) is 10.1. The third-order valence-corrected chi connectivity index (χ3v) is 9.25. The van der Waals surface area contributed by atoms with Crippen molar-refractivity contribution in [3.8, 4) is 5.75 Å². The molecule has 0 aliphatic carbocycles. The molecule has 2 amide bonds. The van der Waals surface area contributed by atoms with Gasteiger partial charge in [-0.2, -0.15) is 0 Å². The Morgan fingerprint density at radius 2 is 1.67 bits per heavy atom. The highest BCUT2D eigenvalue weighted by Crippen LogP contribution is 2.33. The lowest BCUT2D eigenvalue weighted by atomic mass is 10.1. The van der Waals surface area contributed by atoms with E-state index in [2.05, 4.69) is 5.32 Å². The van der Waals surface area contributed by atoms with Crippen molar-refractivity contribution in [1.29, 1.82) is 0 Å². The Hall–Kier alpha value is -3.27. The predicted octanol–water partition coefficient (Wildman–Crippen LogP) is 6.62. The average molecular weight is 649 g/mol. The van der Waals surface area contributed by atoms with E-state index in [0.29, 0.717) is 40.9 Å². The highest BCUT2D eigenvalue weighted by molar-refractivity contribution is 7.92. The third-order valence-electron chi connectivity index (χ3n) is 6.89. The van der Waals surface area contributed by atoms with E-state index in [4.69, 9.17) is 27.9 Å². The van der Waals surface area contributed by atoms with E-state index in [1.165, 1.54) is 17.0 Å². The summed E-state index contributed by atoms with van der Waals surface area (Å²) in [5.41, 5.74) is 1.67. The Labute approximate surface area is 265 Å². The van der Waals surface area contributed by atoms with Crippen LogP contribution < -0.4 is 14.4 Å². The van der Waals surface area contributed by atoms with Gasteiger partial charge in [0, 0.05) is 23.1 Å². The van der Waals surface area contributed by atoms with E-state index in [1.807, 2.05) is 13.8 Å². The van der Waals surface area contributed by atoms with Gasteiger partial charge < -0.3 is 15.0 Å². The zero-order chi connectivity index (χ0) is 31.6. The molecular formula is C32H39Cl2N3O5S. The van der Waals surface area contributed by atoms with Gasteiger partial charge in [-0.1, -0.05) is 79.4 Å². The maximum Gasteiger partial charge on any atom is 0.264 e. The summed E-state index contributed by atoms with van der Waals surface area (Å²) in [5, 5.41) is 3.67. The fourth-order valence-corrected chi connectivity index (χ4v) is 6.44. The molecule has 0 aliphatic heterocycles. The Morgan fingerprint density at radius 1 is 0.977 bits per heavy atom. The molecule has 3 rings (SSSR count). The molecule has 0 saturated heterocycles. The van der Waals surface area contributed by atoms with E-state index < -0.39 is 28.5 Å². The number of halogens is 2. The van der Waals surface area contributed by atoms with E-state index in [9.17, 15) is 18.0 Å². The minimum Gasteiger partial charge on any atom is -0.492 e. The number of carbonyl (C=O) groups is 2. The number of sulfonamides is 1. The van der Waals surface area contributed by atoms with Gasteiger partial charge in [0.1, 0.15) is 18.3 Å². The number of rotatable bonds is 15. The molecular weight excluding hydrogens is 609 g/mol. The van der Waals surface area contributed by atoms with E-state index >= 15 is 0 Å². The van der Waals surface area contributed by atoms with Gasteiger partial charge >= 0.3 is 0 Å². The molecule has 1 atom stereocenters. The summed E-state index contributed by atoms with van der Waals surface area (Å²) in [5.74, 6) is -0.590. The van der Waals surface area contributed by atoms with Gasteiger partial charge in [0.05, 0.1) is 17.2 Å². The number of carbonyl (C=O) groups excluding carboxylic acids is 2. The summed E-state index contributed by atoms with van der Waals surface area (Å²) in [6, 6.07) is 17.1. The molecule has 0 spiro atoms. The Morgan fingerprint density at radius 3 is 2.30 bits per heavy atom. The van der Waals surface area contributed by atoms with Crippen LogP contribution in [0.5, 0.6) is 5.75 Å². The molecule has 232 valence electrons. The van der Waals surface area contributed by atoms with Crippen molar-refractivity contribution in [3.05, 3.63) is 87.9 Å². The number of para-hydroxylation sites is 2. The number of hydrogen-bond donors (Lipinski definition) is 1. The first-order valence-electron chi connectivity index (χ1n) is 14.4. The lowest BCUT2D eigenvalue weighted by Gasteiger charge is -2.33. The van der Waals surface area contributed by atoms with E-state index in [1.54, 1.807) is 68.4 Å². The van der Waals surface area contributed by atoms with Crippen LogP contribution in [0.15, 0.2) is 71.6 Å². The molecule has 43 heavy (non-hydrogen) atoms. The van der Waals surface area contributed by atoms with Gasteiger partial charge in [0.25, 0.3) is 10.0 Å². The number of hydrogen-bond acceptors (Lipinski definition) is 5. The van der Waals surface area contributed by atoms with E-state index in [0.717, 1.165) is 22.7 Å². The molecule has 0 fully saturated rings. The monoisotopic (exact) mass is 647 g/mol. The number of amides is 2. The standard InChI is InChI=1S/C32H39Cl2N3O5S/c1-5-8-19-35-32(39)28(6-2)36(21-24-15-16-25(33)20-27(24)34)31(38)22-37(29-11-9-10-12-30(29)42-7-3)43(40,41)26-17-13-23(4)14-18-26/h9-18,20,28H,5-8,19,21-22H2,1-4H3,(H,35,39). The zero-order valence-corrected chi connectivity index (χ0v) is 27.3. The van der Waals surface area contributed by atoms with Gasteiger partial charge in [-0.3, -0.25) is 13.9 Å². The molecule has 1 unspecified atom stereocenters. The normalized spacial score (nSPS) is 12.0. The fraction of sp³-hybridized carbons (Fsp3) is 0.375. The number of aryl methyl sites for hydroxylation is 1. The highest BCUT2D eigenvalue weighted by atomic mass is 35.5. The number of ether oxygens (including phenoxy) is 1. The second-order valence-corrected chi connectivity index (χ2v) is 12.8. The van der Waals surface area contributed by atoms with Crippen molar-refractivity contribution in [2.24, 2.45) is 0 Å². The first kappa shape index (κ1) is 34.2. The van der Waals surface area contributed by atoms with Gasteiger partial charge in [0.15, 0.2) is 0 Å². The highest BCUT2D eigenvalue weighted by Gasteiger charge is 2.35. The summed E-state index contributed by atoms with van der Waals surface area (Å²) < 4.78 is 35.1. The molecule has 3 aromatic rings. The summed E-state index contributed by atoms with van der Waals surface area (Å²) in [6.07, 6.45) is 1.98. The lowest BCUT2D eigenvalue weighted by molar-refractivity contribution is -0.140. The van der Waals surface area contributed by atoms with Crippen molar-refractivity contribution >= 4 is 50.7 Å². The molecule has 0 heterocycles. The molecule has 8 nitrogen and oxygen atoms in total. The maximum absolute atomic E-state index is 14.3. The van der Waals surface area contributed by atoms with Crippen molar-refractivity contribution in [2.45, 2.75) is 64.4 Å². The van der Waals surface area contributed by atoms with Crippen LogP contribution in [0.4, 0.5) is 5.69 Å². The van der Waals surface area contributed by atoms with Gasteiger partial charge in [-0.25, -0.2) is 8.42 Å². The molecule has 3 aromatic carbocycles. The molecule has 1 N–H and O–H groups in total. The quantitative estimate of drug-likeness (QED) is 0.187. The first-order valence-corrected chi connectivity index (χ1v) is 16.5. The van der Waals surface area contributed by atoms with Crippen molar-refractivity contribution in [3.63, 3.8) is 0 Å². The Kier molecular flexibility index (Phi) is 12.7. The van der Waals surface area contributed by atoms with Crippen LogP contribution in [0.2, 0.25) is 10.0 Å². The van der Waals surface area contributed by atoms with Crippen LogP contribution in [-0.2, 0) is 26.2 Å². The number of anilines is 1. The minimum absolute atomic E-state index is 0.0221. The van der Waals surface area contributed by atoms with Crippen molar-refractivity contribution in [1.82, 2.24) is 10.2 Å². The van der Waals surface area contributed by atoms with Crippen LogP contribution in [0.3, 0.4) is 0 Å². The summed E-state index contributed by atoms with van der Waals surface area (Å²) in [7, 11) is -4.24. The molecule has 0 saturated carbocycles. The average Bonchev–Trinajstić information content (AvgIpc) is 2.97. The number of unbranched alkanes of at least 4 members (excludes halogenated alkanes) is 1. The predicted molar refractivity (Wildman–Crippen MR) is 172 cm³/mol. The van der Waals surface area contributed by atoms with Crippen LogP contribution in [0, 0.1) is 6.92 Å². The third kappa shape index (κ3) is 8.87. The van der Waals surface area contributed by atoms with Crippen molar-refractivity contribution < 1.29 is 22.7 Å². The van der Waals surface area contributed by atoms with Crippen molar-refractivity contribution in [2.75, 3.05) is 24.0 Å². The molecule has 0 radical (unpaired) electrons. The van der Waals surface area contributed by atoms with Gasteiger partial charge in [0.2, 0.25) is 11.8 Å². The number of nitrogens with one attached hydrogen (secondary N) is 1. The van der Waals surface area contributed by atoms with Gasteiger partial charge in [-0.05, 0) is 68.7 Å². The topological polar surface area (TPSA) is 96.0 Å². The Bertz CT molecular complexity index is 1500. The van der Waals surface area contributed by atoms with Crippen LogP contribution in [0.1, 0.15) is 51.2 Å². The summed E-state index contributed by atoms with van der Waals surface area (Å²) >= 11 is 12.6. The molecule has 0 aliphatic rings. The number of benzene rings is 3. The smallest absolute Gasteiger partial charge is 0.264 e. The lowest BCUT2D eigenvalue weighted by Crippen LogP contribution is -2.52. The first-order chi connectivity index (χ1) is 20.5. The number of nitrogens with zero attached hydrogens (tertiary/aromatic N) is 2. The molecule has 0 aromatic heterocycles. The summed E-state index contributed by atoms with van der Waals surface area (Å²) in [6.45, 7) is 7.62.